The van der Waals surface area contributed by atoms with Crippen molar-refractivity contribution in [3.8, 4) is 11.5 Å². The van der Waals surface area contributed by atoms with E-state index < -0.39 is 5.97 Å². The van der Waals surface area contributed by atoms with Gasteiger partial charge in [0.15, 0.2) is 17.6 Å². The number of rotatable bonds is 7. The summed E-state index contributed by atoms with van der Waals surface area (Å²) >= 11 is 6.04. The van der Waals surface area contributed by atoms with Gasteiger partial charge < -0.3 is 23.9 Å². The van der Waals surface area contributed by atoms with Gasteiger partial charge in [-0.15, -0.1) is 0 Å². The Balaban J connectivity index is 1.07. The van der Waals surface area contributed by atoms with Crippen molar-refractivity contribution in [2.45, 2.75) is 50.5 Å². The minimum atomic E-state index is -0.960. The summed E-state index contributed by atoms with van der Waals surface area (Å²) in [5, 5.41) is 10.2. The topological polar surface area (TPSA) is 86.0 Å². The first-order chi connectivity index (χ1) is 20.4. The zero-order chi connectivity index (χ0) is 28.8. The van der Waals surface area contributed by atoms with E-state index in [1.165, 1.54) is 6.07 Å². The Hall–Kier alpha value is -3.66. The molecule has 3 aromatic carbocycles. The molecule has 4 heterocycles. The summed E-state index contributed by atoms with van der Waals surface area (Å²) in [6.45, 7) is 3.84. The number of hydrogen-bond donors (Lipinski definition) is 1. The van der Waals surface area contributed by atoms with Crippen molar-refractivity contribution in [3.05, 3.63) is 88.0 Å². The van der Waals surface area contributed by atoms with E-state index in [0.717, 1.165) is 61.4 Å². The normalized spacial score (nSPS) is 20.9. The number of benzene rings is 3. The number of halogens is 2. The summed E-state index contributed by atoms with van der Waals surface area (Å²) in [7, 11) is 0. The highest BCUT2D eigenvalue weighted by Crippen LogP contribution is 2.45. The number of carboxylic acids is 1. The fourth-order valence-electron chi connectivity index (χ4n) is 6.21. The van der Waals surface area contributed by atoms with Gasteiger partial charge in [-0.25, -0.2) is 14.2 Å². The third-order valence-corrected chi connectivity index (χ3v) is 8.86. The highest BCUT2D eigenvalue weighted by atomic mass is 35.5. The van der Waals surface area contributed by atoms with E-state index in [1.54, 1.807) is 24.3 Å². The maximum atomic E-state index is 15.3. The average molecular weight is 592 g/mol. The summed E-state index contributed by atoms with van der Waals surface area (Å²) in [5.74, 6) is 0.737. The number of likely N-dealkylation sites (tertiary alicyclic amines) is 1. The highest BCUT2D eigenvalue weighted by molar-refractivity contribution is 6.30. The molecule has 4 aromatic rings. The van der Waals surface area contributed by atoms with E-state index in [0.29, 0.717) is 41.8 Å². The van der Waals surface area contributed by atoms with Crippen LogP contribution in [0.15, 0.2) is 54.6 Å². The Morgan fingerprint density at radius 3 is 2.57 bits per heavy atom. The van der Waals surface area contributed by atoms with Crippen LogP contribution in [0.1, 0.15) is 58.6 Å². The number of aromatic nitrogens is 2. The summed E-state index contributed by atoms with van der Waals surface area (Å²) < 4.78 is 35.5. The van der Waals surface area contributed by atoms with Gasteiger partial charge in [0.2, 0.25) is 0 Å². The Bertz CT molecular complexity index is 1630. The molecule has 7 rings (SSSR count). The molecule has 2 fully saturated rings. The molecule has 3 aliphatic heterocycles. The molecule has 10 heteroatoms. The van der Waals surface area contributed by atoms with Crippen LogP contribution in [0.2, 0.25) is 5.02 Å². The van der Waals surface area contributed by atoms with Crippen LogP contribution in [0.3, 0.4) is 0 Å². The fraction of sp³-hybridized carbons (Fsp3) is 0.375. The molecule has 8 nitrogen and oxygen atoms in total. The van der Waals surface area contributed by atoms with Gasteiger partial charge in [-0.1, -0.05) is 23.7 Å². The predicted molar refractivity (Wildman–Crippen MR) is 155 cm³/mol. The van der Waals surface area contributed by atoms with Crippen molar-refractivity contribution < 1.29 is 28.5 Å². The highest BCUT2D eigenvalue weighted by Gasteiger charge is 2.32. The predicted octanol–water partition coefficient (Wildman–Crippen LogP) is 6.21. The molecule has 0 unspecified atom stereocenters. The maximum absolute atomic E-state index is 15.3. The van der Waals surface area contributed by atoms with Crippen LogP contribution in [-0.4, -0.2) is 57.9 Å². The minimum Gasteiger partial charge on any atom is -0.485 e. The first-order valence-corrected chi connectivity index (χ1v) is 14.7. The number of imidazole rings is 1. The number of carboxylic acid groups (broad SMARTS) is 1. The molecule has 2 saturated heterocycles. The quantitative estimate of drug-likeness (QED) is 0.273. The lowest BCUT2D eigenvalue weighted by atomic mass is 9.88. The monoisotopic (exact) mass is 591 g/mol. The molecule has 2 atom stereocenters. The summed E-state index contributed by atoms with van der Waals surface area (Å²) in [6, 6.07) is 15.7. The van der Waals surface area contributed by atoms with E-state index in [2.05, 4.69) is 9.47 Å². The van der Waals surface area contributed by atoms with Crippen LogP contribution in [-0.2, 0) is 17.8 Å². The second-order valence-corrected chi connectivity index (χ2v) is 11.7. The lowest BCUT2D eigenvalue weighted by molar-refractivity contribution is -0.0592. The number of hydrogen-bond acceptors (Lipinski definition) is 6. The molecule has 3 aliphatic rings. The first kappa shape index (κ1) is 27.2. The van der Waals surface area contributed by atoms with Crippen LogP contribution >= 0.6 is 11.6 Å². The number of piperidine rings is 1. The molecule has 1 N–H and O–H groups in total. The Labute approximate surface area is 247 Å². The van der Waals surface area contributed by atoms with Crippen molar-refractivity contribution >= 4 is 28.6 Å². The molecule has 0 aliphatic carbocycles. The fourth-order valence-corrected chi connectivity index (χ4v) is 6.33. The molecule has 0 radical (unpaired) electrons. The molecular formula is C32H31ClFN3O5. The number of ether oxygens (including phenoxy) is 3. The van der Waals surface area contributed by atoms with E-state index in [-0.39, 0.29) is 29.5 Å². The third-order valence-electron chi connectivity index (χ3n) is 8.61. The van der Waals surface area contributed by atoms with Gasteiger partial charge in [-0.3, -0.25) is 4.90 Å². The molecule has 42 heavy (non-hydrogen) atoms. The Morgan fingerprint density at radius 1 is 1.07 bits per heavy atom. The lowest BCUT2D eigenvalue weighted by Crippen LogP contribution is -2.35. The van der Waals surface area contributed by atoms with Gasteiger partial charge >= 0.3 is 5.97 Å². The van der Waals surface area contributed by atoms with Crippen molar-refractivity contribution in [2.24, 2.45) is 0 Å². The number of fused-ring (bicyclic) bond motifs is 2. The number of nitrogens with zero attached hydrogens (tertiary/aromatic N) is 3. The van der Waals surface area contributed by atoms with Crippen LogP contribution in [0, 0.1) is 5.82 Å². The van der Waals surface area contributed by atoms with E-state index in [4.69, 9.17) is 30.8 Å². The van der Waals surface area contributed by atoms with Crippen molar-refractivity contribution in [2.75, 3.05) is 26.3 Å². The van der Waals surface area contributed by atoms with E-state index >= 15 is 4.39 Å². The molecule has 1 aromatic heterocycles. The van der Waals surface area contributed by atoms with E-state index in [9.17, 15) is 9.90 Å². The SMILES string of the molecule is O=C(O)c1ccc2nc(CN3CCC(c4c(F)ccc5c4OC[C@@H](c4ccc(Cl)cc4)O5)CC3)n(C[C@@H]3CCO3)c2c1. The largest absolute Gasteiger partial charge is 0.485 e. The maximum Gasteiger partial charge on any atom is 0.335 e. The first-order valence-electron chi connectivity index (χ1n) is 14.4. The molecule has 218 valence electrons. The Morgan fingerprint density at radius 2 is 1.86 bits per heavy atom. The zero-order valence-electron chi connectivity index (χ0n) is 23.0. The average Bonchev–Trinajstić information content (AvgIpc) is 3.31. The van der Waals surface area contributed by atoms with Gasteiger partial charge in [0.05, 0.1) is 35.8 Å². The molecule has 0 bridgehead atoms. The summed E-state index contributed by atoms with van der Waals surface area (Å²) in [5.41, 5.74) is 3.37. The van der Waals surface area contributed by atoms with Crippen LogP contribution in [0.4, 0.5) is 4.39 Å². The molecule has 0 saturated carbocycles. The summed E-state index contributed by atoms with van der Waals surface area (Å²) in [4.78, 5) is 18.8. The van der Waals surface area contributed by atoms with Crippen molar-refractivity contribution in [3.63, 3.8) is 0 Å². The second kappa shape index (κ2) is 11.2. The smallest absolute Gasteiger partial charge is 0.335 e. The van der Waals surface area contributed by atoms with E-state index in [1.807, 2.05) is 24.3 Å². The van der Waals surface area contributed by atoms with Gasteiger partial charge in [-0.05, 0) is 86.3 Å². The second-order valence-electron chi connectivity index (χ2n) is 11.2. The zero-order valence-corrected chi connectivity index (χ0v) is 23.7. The van der Waals surface area contributed by atoms with Crippen molar-refractivity contribution in [1.29, 1.82) is 0 Å². The number of aromatic carboxylic acids is 1. The van der Waals surface area contributed by atoms with Gasteiger partial charge in [0.1, 0.15) is 18.2 Å². The van der Waals surface area contributed by atoms with Gasteiger partial charge in [-0.2, -0.15) is 0 Å². The van der Waals surface area contributed by atoms with Crippen LogP contribution in [0.5, 0.6) is 11.5 Å². The number of carbonyl (C=O) groups is 1. The summed E-state index contributed by atoms with van der Waals surface area (Å²) in [6.07, 6.45) is 2.33. The van der Waals surface area contributed by atoms with Gasteiger partial charge in [0, 0.05) is 17.2 Å². The Kier molecular flexibility index (Phi) is 7.25. The van der Waals surface area contributed by atoms with Gasteiger partial charge in [0.25, 0.3) is 0 Å². The van der Waals surface area contributed by atoms with Crippen LogP contribution in [0.25, 0.3) is 11.0 Å². The molecular weight excluding hydrogens is 561 g/mol. The minimum absolute atomic E-state index is 0.00667. The third kappa shape index (κ3) is 5.21. The van der Waals surface area contributed by atoms with Crippen LogP contribution < -0.4 is 9.47 Å². The van der Waals surface area contributed by atoms with Crippen molar-refractivity contribution in [1.82, 2.24) is 14.5 Å². The molecule has 0 spiro atoms. The molecule has 0 amide bonds. The standard InChI is InChI=1S/C32H31ClFN3O5/c33-22-4-1-19(2-5-22)28-18-41-31-27(42-28)8-6-24(34)30(31)20-9-12-36(13-10-20)17-29-35-25-7-3-21(32(38)39)15-26(25)37(29)16-23-11-14-40-23/h1-8,15,20,23,28H,9-14,16-18H2,(H,38,39)/t23-,28-/m0/s1. The lowest BCUT2D eigenvalue weighted by Gasteiger charge is -2.35.